The largest absolute Gasteiger partial charge is 0.507 e. The number of halogens is 1. The third-order valence-electron chi connectivity index (χ3n) is 9.61. The van der Waals surface area contributed by atoms with Gasteiger partial charge in [0.05, 0.1) is 24.4 Å². The molecule has 9 heteroatoms. The molecule has 0 atom stereocenters. The van der Waals surface area contributed by atoms with Gasteiger partial charge in [-0.15, -0.1) is 0 Å². The van der Waals surface area contributed by atoms with E-state index in [1.54, 1.807) is 42.0 Å². The van der Waals surface area contributed by atoms with E-state index in [0.717, 1.165) is 80.2 Å². The van der Waals surface area contributed by atoms with E-state index < -0.39 is 0 Å². The summed E-state index contributed by atoms with van der Waals surface area (Å²) in [7, 11) is 1.59. The number of carbonyl (C=O) groups excluding carboxylic acids is 2. The van der Waals surface area contributed by atoms with Gasteiger partial charge in [-0.05, 0) is 102 Å². The van der Waals surface area contributed by atoms with Gasteiger partial charge in [0.2, 0.25) is 5.91 Å². The number of benzene rings is 4. The van der Waals surface area contributed by atoms with Crippen molar-refractivity contribution in [1.29, 1.82) is 5.26 Å². The van der Waals surface area contributed by atoms with Gasteiger partial charge in [-0.1, -0.05) is 48.7 Å². The lowest BCUT2D eigenvalue weighted by atomic mass is 9.96. The molecule has 3 aliphatic rings. The molecule has 2 N–H and O–H groups in total. The van der Waals surface area contributed by atoms with Gasteiger partial charge < -0.3 is 15.2 Å². The first-order valence-corrected chi connectivity index (χ1v) is 17.1. The van der Waals surface area contributed by atoms with Crippen molar-refractivity contribution in [3.8, 4) is 22.9 Å². The second-order valence-electron chi connectivity index (χ2n) is 12.6. The van der Waals surface area contributed by atoms with Gasteiger partial charge in [0.25, 0.3) is 5.91 Å². The quantitative estimate of drug-likeness (QED) is 0.141. The first-order valence-electron chi connectivity index (χ1n) is 16.7. The summed E-state index contributed by atoms with van der Waals surface area (Å²) in [6.45, 7) is 3.13. The summed E-state index contributed by atoms with van der Waals surface area (Å²) in [6.07, 6.45) is 5.56. The fraction of sp³-hybridized carbons (Fsp3) is 0.220. The highest BCUT2D eigenvalue weighted by Crippen LogP contribution is 2.39. The molecule has 0 fully saturated rings. The first kappa shape index (κ1) is 32.9. The van der Waals surface area contributed by atoms with Crippen LogP contribution >= 0.6 is 11.6 Å². The molecule has 0 saturated carbocycles. The zero-order chi connectivity index (χ0) is 34.9. The van der Waals surface area contributed by atoms with Crippen LogP contribution in [0, 0.1) is 18.3 Å². The maximum absolute atomic E-state index is 13.6. The number of rotatable bonds is 11. The summed E-state index contributed by atoms with van der Waals surface area (Å²) in [5.41, 5.74) is 5.92. The molecule has 3 aliphatic carbocycles. The Balaban J connectivity index is 0.949. The highest BCUT2D eigenvalue weighted by atomic mass is 35.5. The van der Waals surface area contributed by atoms with Crippen molar-refractivity contribution >= 4 is 56.7 Å². The Morgan fingerprint density at radius 1 is 0.960 bits per heavy atom. The number of unbranched alkanes of at least 4 members (excludes halogenated alkanes) is 3. The van der Waals surface area contributed by atoms with Crippen molar-refractivity contribution in [3.05, 3.63) is 117 Å². The molecule has 0 radical (unpaired) electrons. The molecule has 0 spiro atoms. The predicted octanol–water partition coefficient (Wildman–Crippen LogP) is 7.12. The fourth-order valence-corrected chi connectivity index (χ4v) is 7.27. The summed E-state index contributed by atoms with van der Waals surface area (Å²) >= 11 is 6.04. The lowest BCUT2D eigenvalue weighted by Crippen LogP contribution is -2.26. The Morgan fingerprint density at radius 2 is 1.74 bits per heavy atom. The van der Waals surface area contributed by atoms with E-state index in [2.05, 4.69) is 17.5 Å². The molecule has 1 amide bonds. The van der Waals surface area contributed by atoms with Gasteiger partial charge in [0, 0.05) is 45.7 Å². The second kappa shape index (κ2) is 13.7. The molecular weight excluding hydrogens is 648 g/mol. The monoisotopic (exact) mass is 682 g/mol. The van der Waals surface area contributed by atoms with Crippen molar-refractivity contribution in [1.82, 2.24) is 9.88 Å². The van der Waals surface area contributed by atoms with E-state index in [1.807, 2.05) is 49.4 Å². The molecule has 50 heavy (non-hydrogen) atoms. The van der Waals surface area contributed by atoms with Crippen LogP contribution in [0.2, 0.25) is 5.02 Å². The van der Waals surface area contributed by atoms with E-state index in [4.69, 9.17) is 21.3 Å². The maximum Gasteiger partial charge on any atom is 0.262 e. The van der Waals surface area contributed by atoms with Gasteiger partial charge in [0.15, 0.2) is 0 Å². The van der Waals surface area contributed by atoms with E-state index in [1.165, 1.54) is 0 Å². The number of amides is 1. The molecule has 0 unspecified atom stereocenters. The number of ether oxygens (including phenoxy) is 1. The van der Waals surface area contributed by atoms with Crippen LogP contribution in [0.4, 0.5) is 0 Å². The van der Waals surface area contributed by atoms with Gasteiger partial charge in [-0.3, -0.25) is 19.1 Å². The Hall–Kier alpha value is -5.65. The van der Waals surface area contributed by atoms with E-state index in [-0.39, 0.29) is 24.0 Å². The molecule has 4 aromatic rings. The predicted molar refractivity (Wildman–Crippen MR) is 197 cm³/mol. The number of hydrogen-bond acceptors (Lipinski definition) is 6. The number of nitrogens with one attached hydrogen (secondary N) is 1. The molecule has 1 aromatic heterocycles. The molecule has 0 aliphatic heterocycles. The maximum atomic E-state index is 13.6. The van der Waals surface area contributed by atoms with Crippen LogP contribution in [0.3, 0.4) is 0 Å². The van der Waals surface area contributed by atoms with Crippen LogP contribution in [0.1, 0.15) is 52.9 Å². The number of methoxy groups -OCH3 is 1. The summed E-state index contributed by atoms with van der Waals surface area (Å²) in [5, 5.41) is 28.2. The van der Waals surface area contributed by atoms with Crippen molar-refractivity contribution in [3.63, 3.8) is 0 Å². The third kappa shape index (κ3) is 5.84. The second-order valence-corrected chi connectivity index (χ2v) is 13.0. The lowest BCUT2D eigenvalue weighted by molar-refractivity contribution is -0.120. The van der Waals surface area contributed by atoms with Crippen LogP contribution in [0.25, 0.3) is 44.5 Å². The minimum atomic E-state index is -0.187. The number of allylic oxidation sites excluding steroid dienone is 2. The number of aliphatic hydroxyl groups is 1. The normalized spacial score (nSPS) is 12.9. The summed E-state index contributed by atoms with van der Waals surface area (Å²) in [4.78, 5) is 31.6. The molecule has 3 aromatic carbocycles. The highest BCUT2D eigenvalue weighted by molar-refractivity contribution is 6.30. The standard InChI is InChI=1S/C41H35ClN4O4/c1-24-31(32-20-27(50-2)14-17-36(32)46(24)41(49)25-10-12-26(42)13-11-25)22-38(48)45-19-6-4-3-5-18-44-35-16-15-30-39-28(8-7-9-29(35)39)33-21-37(47)34(23-43)40(30)33/h7-17,20-21,47H,3-6,18-19,22H2,1-2H3,(H,45,48). The van der Waals surface area contributed by atoms with E-state index in [9.17, 15) is 20.0 Å². The number of carbonyl (C=O) groups is 2. The number of hydrogen-bond donors (Lipinski definition) is 2. The van der Waals surface area contributed by atoms with Gasteiger partial charge in [-0.25, -0.2) is 0 Å². The van der Waals surface area contributed by atoms with Crippen molar-refractivity contribution in [2.75, 3.05) is 20.2 Å². The lowest BCUT2D eigenvalue weighted by Gasteiger charge is -2.09. The summed E-state index contributed by atoms with van der Waals surface area (Å²) in [5.74, 6) is 0.397. The van der Waals surface area contributed by atoms with Crippen LogP contribution in [-0.2, 0) is 11.2 Å². The summed E-state index contributed by atoms with van der Waals surface area (Å²) in [6, 6.07) is 24.6. The summed E-state index contributed by atoms with van der Waals surface area (Å²) < 4.78 is 7.11. The van der Waals surface area contributed by atoms with Crippen molar-refractivity contribution < 1.29 is 19.4 Å². The number of nitriles is 1. The van der Waals surface area contributed by atoms with Crippen LogP contribution in [0.5, 0.6) is 5.75 Å². The Kier molecular flexibility index (Phi) is 9.00. The fourth-order valence-electron chi connectivity index (χ4n) is 7.15. The average molecular weight is 683 g/mol. The Morgan fingerprint density at radius 3 is 2.52 bits per heavy atom. The molecule has 7 rings (SSSR count). The molecular formula is C41H35ClN4O4. The van der Waals surface area contributed by atoms with Crippen LogP contribution in [-0.4, -0.2) is 41.7 Å². The minimum Gasteiger partial charge on any atom is -0.507 e. The molecule has 8 nitrogen and oxygen atoms in total. The molecule has 1 heterocycles. The number of aliphatic hydroxyl groups excluding tert-OH is 1. The van der Waals surface area contributed by atoms with Gasteiger partial charge in [-0.2, -0.15) is 5.26 Å². The third-order valence-corrected chi connectivity index (χ3v) is 9.86. The van der Waals surface area contributed by atoms with Crippen molar-refractivity contribution in [2.45, 2.75) is 39.0 Å². The Bertz CT molecular complexity index is 2450. The number of fused-ring (bicyclic) bond motifs is 4. The van der Waals surface area contributed by atoms with Crippen LogP contribution < -0.4 is 20.6 Å². The number of nitrogens with zero attached hydrogens (tertiary/aromatic N) is 3. The SMILES string of the molecule is COc1ccc2c(c1)c(CC(=O)NCCCCCCN=c1ccc3c4c(c5cccc1c5-3)=CC(O)=C4C#N)c(C)n2C(=O)c1ccc(Cl)cc1. The first-order chi connectivity index (χ1) is 24.3. The highest BCUT2D eigenvalue weighted by Gasteiger charge is 2.27. The zero-order valence-electron chi connectivity index (χ0n) is 27.8. The number of aromatic nitrogens is 1. The smallest absolute Gasteiger partial charge is 0.262 e. The average Bonchev–Trinajstić information content (AvgIpc) is 3.72. The Labute approximate surface area is 294 Å². The zero-order valence-corrected chi connectivity index (χ0v) is 28.6. The van der Waals surface area contributed by atoms with Gasteiger partial charge in [0.1, 0.15) is 23.2 Å². The van der Waals surface area contributed by atoms with Gasteiger partial charge >= 0.3 is 0 Å². The molecule has 0 bridgehead atoms. The van der Waals surface area contributed by atoms with E-state index in [0.29, 0.717) is 40.7 Å². The van der Waals surface area contributed by atoms with Crippen LogP contribution in [0.15, 0.2) is 83.5 Å². The molecule has 250 valence electrons. The topological polar surface area (TPSA) is 117 Å². The van der Waals surface area contributed by atoms with E-state index >= 15 is 0 Å². The molecule has 0 saturated heterocycles. The minimum absolute atomic E-state index is 0.0249. The van der Waals surface area contributed by atoms with Crippen molar-refractivity contribution in [2.24, 2.45) is 4.99 Å².